The number of hydrogen-bond donors (Lipinski definition) is 2. The number of alkyl halides is 1. The van der Waals surface area contributed by atoms with Gasteiger partial charge in [-0.3, -0.25) is 4.79 Å². The van der Waals surface area contributed by atoms with E-state index in [1.54, 1.807) is 4.90 Å². The lowest BCUT2D eigenvalue weighted by molar-refractivity contribution is -0.129. The maximum atomic E-state index is 11.6. The third-order valence-electron chi connectivity index (χ3n) is 2.50. The van der Waals surface area contributed by atoms with E-state index in [1.165, 1.54) is 0 Å². The first-order valence-corrected chi connectivity index (χ1v) is 5.98. The van der Waals surface area contributed by atoms with Crippen LogP contribution in [0.15, 0.2) is 0 Å². The number of nitrogens with zero attached hydrogens (tertiary/aromatic N) is 1. The van der Waals surface area contributed by atoms with Crippen molar-refractivity contribution in [2.45, 2.75) is 32.4 Å². The van der Waals surface area contributed by atoms with Crippen LogP contribution in [0.3, 0.4) is 0 Å². The van der Waals surface area contributed by atoms with Crippen LogP contribution < -0.4 is 10.6 Å². The summed E-state index contributed by atoms with van der Waals surface area (Å²) in [6, 6.07) is -0.167. The van der Waals surface area contributed by atoms with E-state index in [4.69, 9.17) is 11.6 Å². The Morgan fingerprint density at radius 1 is 1.62 bits per heavy atom. The molecule has 1 saturated heterocycles. The molecule has 0 spiro atoms. The lowest BCUT2D eigenvalue weighted by atomic mass is 10.2. The van der Waals surface area contributed by atoms with Gasteiger partial charge in [-0.2, -0.15) is 0 Å². The van der Waals surface area contributed by atoms with E-state index in [2.05, 4.69) is 10.6 Å². The van der Waals surface area contributed by atoms with Gasteiger partial charge in [0.1, 0.15) is 0 Å². The Kier molecular flexibility index (Phi) is 4.86. The van der Waals surface area contributed by atoms with Crippen LogP contribution in [0.5, 0.6) is 0 Å². The molecular weight excluding hydrogens is 230 g/mol. The third-order valence-corrected chi connectivity index (χ3v) is 2.69. The highest BCUT2D eigenvalue weighted by Gasteiger charge is 2.31. The summed E-state index contributed by atoms with van der Waals surface area (Å²) in [5.41, 5.74) is 0. The van der Waals surface area contributed by atoms with Gasteiger partial charge in [-0.25, -0.2) is 4.79 Å². The average molecular weight is 248 g/mol. The van der Waals surface area contributed by atoms with Crippen molar-refractivity contribution in [3.05, 3.63) is 0 Å². The number of carbonyl (C=O) groups excluding carboxylic acids is 2. The SMILES string of the molecule is CC(C)N1CC(NC(=O)NCCCl)CC1=O. The Morgan fingerprint density at radius 2 is 2.31 bits per heavy atom. The monoisotopic (exact) mass is 247 g/mol. The van der Waals surface area contributed by atoms with Gasteiger partial charge >= 0.3 is 6.03 Å². The lowest BCUT2D eigenvalue weighted by Crippen LogP contribution is -2.44. The first-order chi connectivity index (χ1) is 7.54. The molecule has 0 aromatic rings. The van der Waals surface area contributed by atoms with Gasteiger partial charge in [0.05, 0.1) is 6.04 Å². The van der Waals surface area contributed by atoms with Crippen LogP contribution in [-0.2, 0) is 4.79 Å². The molecule has 1 heterocycles. The van der Waals surface area contributed by atoms with Crippen molar-refractivity contribution in [1.82, 2.24) is 15.5 Å². The molecule has 5 nitrogen and oxygen atoms in total. The molecule has 1 rings (SSSR count). The summed E-state index contributed by atoms with van der Waals surface area (Å²) >= 11 is 5.45. The highest BCUT2D eigenvalue weighted by atomic mass is 35.5. The van der Waals surface area contributed by atoms with E-state index < -0.39 is 0 Å². The molecule has 1 aliphatic rings. The van der Waals surface area contributed by atoms with Crippen molar-refractivity contribution in [1.29, 1.82) is 0 Å². The maximum Gasteiger partial charge on any atom is 0.315 e. The van der Waals surface area contributed by atoms with Gasteiger partial charge in [0.2, 0.25) is 5.91 Å². The van der Waals surface area contributed by atoms with Crippen LogP contribution in [0.2, 0.25) is 0 Å². The van der Waals surface area contributed by atoms with E-state index in [0.29, 0.717) is 25.4 Å². The van der Waals surface area contributed by atoms with Gasteiger partial charge in [-0.1, -0.05) is 0 Å². The van der Waals surface area contributed by atoms with E-state index in [9.17, 15) is 9.59 Å². The summed E-state index contributed by atoms with van der Waals surface area (Å²) in [6.45, 7) is 4.95. The summed E-state index contributed by atoms with van der Waals surface area (Å²) < 4.78 is 0. The summed E-state index contributed by atoms with van der Waals surface area (Å²) in [5.74, 6) is 0.479. The molecule has 3 amide bonds. The molecule has 92 valence electrons. The second-order valence-corrected chi connectivity index (χ2v) is 4.51. The minimum Gasteiger partial charge on any atom is -0.338 e. The topological polar surface area (TPSA) is 61.4 Å². The van der Waals surface area contributed by atoms with Gasteiger partial charge in [-0.15, -0.1) is 11.6 Å². The fraction of sp³-hybridized carbons (Fsp3) is 0.800. The summed E-state index contributed by atoms with van der Waals surface area (Å²) in [6.07, 6.45) is 0.381. The van der Waals surface area contributed by atoms with E-state index in [0.717, 1.165) is 0 Å². The van der Waals surface area contributed by atoms with E-state index >= 15 is 0 Å². The molecule has 6 heteroatoms. The number of hydrogen-bond acceptors (Lipinski definition) is 2. The van der Waals surface area contributed by atoms with E-state index in [1.807, 2.05) is 13.8 Å². The van der Waals surface area contributed by atoms with Gasteiger partial charge in [0.25, 0.3) is 0 Å². The number of rotatable bonds is 4. The lowest BCUT2D eigenvalue weighted by Gasteiger charge is -2.21. The third kappa shape index (κ3) is 3.56. The molecular formula is C10H18ClN3O2. The molecule has 1 aliphatic heterocycles. The largest absolute Gasteiger partial charge is 0.338 e. The molecule has 1 unspecified atom stereocenters. The van der Waals surface area contributed by atoms with E-state index in [-0.39, 0.29) is 24.0 Å². The average Bonchev–Trinajstić information content (AvgIpc) is 2.56. The zero-order chi connectivity index (χ0) is 12.1. The van der Waals surface area contributed by atoms with Crippen LogP contribution >= 0.6 is 11.6 Å². The molecule has 1 atom stereocenters. The Bertz CT molecular complexity index is 271. The Hall–Kier alpha value is -0.970. The van der Waals surface area contributed by atoms with Crippen molar-refractivity contribution in [3.8, 4) is 0 Å². The normalized spacial score (nSPS) is 20.4. The number of carbonyl (C=O) groups is 2. The summed E-state index contributed by atoms with van der Waals surface area (Å²) in [7, 11) is 0. The van der Waals surface area contributed by atoms with Gasteiger partial charge in [-0.05, 0) is 13.8 Å². The fourth-order valence-corrected chi connectivity index (χ4v) is 1.82. The molecule has 0 saturated carbocycles. The Balaban J connectivity index is 2.35. The zero-order valence-corrected chi connectivity index (χ0v) is 10.4. The predicted octanol–water partition coefficient (Wildman–Crippen LogP) is 0.534. The standard InChI is InChI=1S/C10H18ClN3O2/c1-7(2)14-6-8(5-9(14)15)13-10(16)12-4-3-11/h7-8H,3-6H2,1-2H3,(H2,12,13,16). The minimum atomic E-state index is -0.260. The molecule has 0 aliphatic carbocycles. The number of amides is 3. The summed E-state index contributed by atoms with van der Waals surface area (Å²) in [5, 5.41) is 5.36. The molecule has 0 radical (unpaired) electrons. The first-order valence-electron chi connectivity index (χ1n) is 5.44. The molecule has 1 fully saturated rings. The minimum absolute atomic E-state index is 0.0924. The smallest absolute Gasteiger partial charge is 0.315 e. The van der Waals surface area contributed by atoms with Crippen LogP contribution in [0.1, 0.15) is 20.3 Å². The van der Waals surface area contributed by atoms with Crippen LogP contribution in [0, 0.1) is 0 Å². The highest BCUT2D eigenvalue weighted by Crippen LogP contribution is 2.13. The van der Waals surface area contributed by atoms with Gasteiger partial charge in [0, 0.05) is 31.4 Å². The fourth-order valence-electron chi connectivity index (χ4n) is 1.72. The van der Waals surface area contributed by atoms with Crippen LogP contribution in [-0.4, -0.2) is 47.9 Å². The number of nitrogens with one attached hydrogen (secondary N) is 2. The number of urea groups is 1. The van der Waals surface area contributed by atoms with Crippen molar-refractivity contribution in [2.75, 3.05) is 19.0 Å². The van der Waals surface area contributed by atoms with Crippen molar-refractivity contribution >= 4 is 23.5 Å². The first kappa shape index (κ1) is 13.1. The maximum absolute atomic E-state index is 11.6. The molecule has 0 aromatic heterocycles. The molecule has 2 N–H and O–H groups in total. The summed E-state index contributed by atoms with van der Waals surface area (Å²) in [4.78, 5) is 24.7. The Morgan fingerprint density at radius 3 is 2.81 bits per heavy atom. The van der Waals surface area contributed by atoms with Crippen LogP contribution in [0.25, 0.3) is 0 Å². The second kappa shape index (κ2) is 5.94. The van der Waals surface area contributed by atoms with Crippen molar-refractivity contribution in [2.24, 2.45) is 0 Å². The van der Waals surface area contributed by atoms with Gasteiger partial charge < -0.3 is 15.5 Å². The van der Waals surface area contributed by atoms with Crippen molar-refractivity contribution < 1.29 is 9.59 Å². The van der Waals surface area contributed by atoms with Crippen molar-refractivity contribution in [3.63, 3.8) is 0 Å². The molecule has 16 heavy (non-hydrogen) atoms. The van der Waals surface area contributed by atoms with Gasteiger partial charge in [0.15, 0.2) is 0 Å². The Labute approximate surface area is 101 Å². The highest BCUT2D eigenvalue weighted by molar-refractivity contribution is 6.18. The molecule has 0 bridgehead atoms. The predicted molar refractivity (Wildman–Crippen MR) is 62.5 cm³/mol. The zero-order valence-electron chi connectivity index (χ0n) is 9.62. The van der Waals surface area contributed by atoms with Crippen LogP contribution in [0.4, 0.5) is 4.79 Å². The number of halogens is 1. The number of likely N-dealkylation sites (tertiary alicyclic amines) is 1. The second-order valence-electron chi connectivity index (χ2n) is 4.13. The quantitative estimate of drug-likeness (QED) is 0.712. The molecule has 0 aromatic carbocycles.